The average molecular weight is 480 g/mol. The normalized spacial score (nSPS) is 14.8. The summed E-state index contributed by atoms with van der Waals surface area (Å²) in [5.74, 6) is 0.325. The summed E-state index contributed by atoms with van der Waals surface area (Å²) in [5.41, 5.74) is 5.12. The van der Waals surface area contributed by atoms with Gasteiger partial charge in [0.1, 0.15) is 0 Å². The van der Waals surface area contributed by atoms with Gasteiger partial charge in [-0.25, -0.2) is 0 Å². The molecule has 1 amide bonds. The Morgan fingerprint density at radius 1 is 0.833 bits per heavy atom. The van der Waals surface area contributed by atoms with E-state index in [2.05, 4.69) is 106 Å². The van der Waals surface area contributed by atoms with E-state index in [1.807, 2.05) is 0 Å². The summed E-state index contributed by atoms with van der Waals surface area (Å²) in [4.78, 5) is 15.6. The molecule has 4 nitrogen and oxygen atoms in total. The molecule has 1 N–H and O–H groups in total. The van der Waals surface area contributed by atoms with Crippen molar-refractivity contribution in [3.8, 4) is 0 Å². The summed E-state index contributed by atoms with van der Waals surface area (Å²) in [6.45, 7) is 4.85. The van der Waals surface area contributed by atoms with Gasteiger partial charge in [0.2, 0.25) is 5.91 Å². The van der Waals surface area contributed by atoms with E-state index in [1.165, 1.54) is 40.4 Å². The third-order valence-corrected chi connectivity index (χ3v) is 7.46. The molecule has 5 rings (SSSR count). The molecule has 3 aromatic carbocycles. The second-order valence-electron chi connectivity index (χ2n) is 10.0. The summed E-state index contributed by atoms with van der Waals surface area (Å²) < 4.78 is 2.35. The van der Waals surface area contributed by atoms with Crippen LogP contribution in [0.4, 0.5) is 0 Å². The first-order valence-corrected chi connectivity index (χ1v) is 13.4. The number of likely N-dealkylation sites (tertiary alicyclic amines) is 1. The molecule has 0 bridgehead atoms. The molecule has 4 heteroatoms. The van der Waals surface area contributed by atoms with Gasteiger partial charge in [-0.2, -0.15) is 0 Å². The van der Waals surface area contributed by atoms with Crippen molar-refractivity contribution in [2.75, 3.05) is 26.2 Å². The van der Waals surface area contributed by atoms with Gasteiger partial charge in [0.25, 0.3) is 0 Å². The highest BCUT2D eigenvalue weighted by Gasteiger charge is 2.21. The maximum absolute atomic E-state index is 13.1. The molecule has 1 aliphatic rings. The molecule has 1 saturated heterocycles. The molecular weight excluding hydrogens is 442 g/mol. The number of fused-ring (bicyclic) bond motifs is 1. The highest BCUT2D eigenvalue weighted by atomic mass is 16.1. The van der Waals surface area contributed by atoms with Gasteiger partial charge in [-0.3, -0.25) is 4.79 Å². The van der Waals surface area contributed by atoms with Crippen LogP contribution in [0.5, 0.6) is 0 Å². The first-order valence-electron chi connectivity index (χ1n) is 13.4. The van der Waals surface area contributed by atoms with Crippen molar-refractivity contribution in [3.05, 3.63) is 108 Å². The Morgan fingerprint density at radius 3 is 2.25 bits per heavy atom. The molecule has 1 aliphatic heterocycles. The van der Waals surface area contributed by atoms with Gasteiger partial charge in [-0.15, -0.1) is 0 Å². The number of aryl methyl sites for hydroxylation is 1. The number of rotatable bonds is 11. The lowest BCUT2D eigenvalue weighted by Crippen LogP contribution is -2.34. The highest BCUT2D eigenvalue weighted by molar-refractivity contribution is 5.86. The number of amides is 1. The van der Waals surface area contributed by atoms with Gasteiger partial charge < -0.3 is 14.8 Å². The second-order valence-corrected chi connectivity index (χ2v) is 10.0. The van der Waals surface area contributed by atoms with Crippen molar-refractivity contribution in [2.24, 2.45) is 0 Å². The van der Waals surface area contributed by atoms with Gasteiger partial charge in [-0.05, 0) is 67.4 Å². The minimum absolute atomic E-state index is 0.159. The van der Waals surface area contributed by atoms with Crippen molar-refractivity contribution in [1.29, 1.82) is 0 Å². The van der Waals surface area contributed by atoms with Crippen LogP contribution in [-0.4, -0.2) is 41.6 Å². The van der Waals surface area contributed by atoms with Gasteiger partial charge in [0, 0.05) is 43.2 Å². The van der Waals surface area contributed by atoms with Crippen LogP contribution in [0, 0.1) is 0 Å². The molecule has 2 heterocycles. The van der Waals surface area contributed by atoms with Crippen molar-refractivity contribution < 1.29 is 4.79 Å². The molecule has 4 aromatic rings. The first-order chi connectivity index (χ1) is 17.8. The number of nitrogens with one attached hydrogen (secondary N) is 1. The van der Waals surface area contributed by atoms with Crippen LogP contribution in [0.15, 0.2) is 91.1 Å². The molecule has 1 atom stereocenters. The Bertz CT molecular complexity index is 1240. The van der Waals surface area contributed by atoms with Crippen molar-refractivity contribution in [3.63, 3.8) is 0 Å². The summed E-state index contributed by atoms with van der Waals surface area (Å²) in [6.07, 6.45) is 7.29. The molecule has 0 aliphatic carbocycles. The van der Waals surface area contributed by atoms with Crippen molar-refractivity contribution in [1.82, 2.24) is 14.8 Å². The Kier molecular flexibility index (Phi) is 8.14. The SMILES string of the molecule is O=C(CC(CCc1ccccc1)c1cn(Cc2ccccc2)c2ccccc12)NCCN1CCCC1. The van der Waals surface area contributed by atoms with E-state index in [0.29, 0.717) is 6.42 Å². The van der Waals surface area contributed by atoms with Gasteiger partial charge in [0.15, 0.2) is 0 Å². The lowest BCUT2D eigenvalue weighted by Gasteiger charge is -2.18. The molecule has 0 radical (unpaired) electrons. The maximum Gasteiger partial charge on any atom is 0.220 e. The number of hydrogen-bond acceptors (Lipinski definition) is 2. The number of benzene rings is 3. The fraction of sp³-hybridized carbons (Fsp3) is 0.344. The van der Waals surface area contributed by atoms with E-state index in [-0.39, 0.29) is 11.8 Å². The van der Waals surface area contributed by atoms with E-state index in [4.69, 9.17) is 0 Å². The van der Waals surface area contributed by atoms with E-state index in [0.717, 1.165) is 45.6 Å². The predicted octanol–water partition coefficient (Wildman–Crippen LogP) is 6.01. The van der Waals surface area contributed by atoms with Crippen LogP contribution in [0.1, 0.15) is 48.3 Å². The fourth-order valence-corrected chi connectivity index (χ4v) is 5.52. The Morgan fingerprint density at radius 2 is 1.50 bits per heavy atom. The first kappa shape index (κ1) is 24.3. The number of hydrogen-bond donors (Lipinski definition) is 1. The van der Waals surface area contributed by atoms with Gasteiger partial charge in [0.05, 0.1) is 0 Å². The van der Waals surface area contributed by atoms with Crippen LogP contribution in [0.3, 0.4) is 0 Å². The van der Waals surface area contributed by atoms with E-state index >= 15 is 0 Å². The standard InChI is InChI=1S/C32H37N3O/c36-32(33-19-22-34-20-9-10-21-34)23-28(18-17-26-11-3-1-4-12-26)30-25-35(24-27-13-5-2-6-14-27)31-16-8-7-15-29(30)31/h1-8,11-16,25,28H,9-10,17-24H2,(H,33,36). The third kappa shape index (κ3) is 6.24. The van der Waals surface area contributed by atoms with E-state index < -0.39 is 0 Å². The van der Waals surface area contributed by atoms with E-state index in [1.54, 1.807) is 0 Å². The topological polar surface area (TPSA) is 37.3 Å². The number of aromatic nitrogens is 1. The molecule has 186 valence electrons. The monoisotopic (exact) mass is 479 g/mol. The largest absolute Gasteiger partial charge is 0.355 e. The minimum atomic E-state index is 0.159. The quantitative estimate of drug-likeness (QED) is 0.286. The number of carbonyl (C=O) groups is 1. The molecule has 1 unspecified atom stereocenters. The third-order valence-electron chi connectivity index (χ3n) is 7.46. The zero-order valence-corrected chi connectivity index (χ0v) is 21.1. The molecule has 36 heavy (non-hydrogen) atoms. The minimum Gasteiger partial charge on any atom is -0.355 e. The summed E-state index contributed by atoms with van der Waals surface area (Å²) in [5, 5.41) is 4.48. The summed E-state index contributed by atoms with van der Waals surface area (Å²) >= 11 is 0. The number of para-hydroxylation sites is 1. The van der Waals surface area contributed by atoms with Crippen molar-refractivity contribution in [2.45, 2.75) is 44.6 Å². The molecule has 0 spiro atoms. The number of carbonyl (C=O) groups excluding carboxylic acids is 1. The Hall–Kier alpha value is -3.37. The lowest BCUT2D eigenvalue weighted by atomic mass is 9.89. The van der Waals surface area contributed by atoms with Crippen LogP contribution < -0.4 is 5.32 Å². The average Bonchev–Trinajstić information content (AvgIpc) is 3.56. The lowest BCUT2D eigenvalue weighted by molar-refractivity contribution is -0.121. The van der Waals surface area contributed by atoms with Crippen molar-refractivity contribution >= 4 is 16.8 Å². The van der Waals surface area contributed by atoms with Crippen LogP contribution in [0.25, 0.3) is 10.9 Å². The summed E-state index contributed by atoms with van der Waals surface area (Å²) in [7, 11) is 0. The predicted molar refractivity (Wildman–Crippen MR) is 148 cm³/mol. The number of nitrogens with zero attached hydrogens (tertiary/aromatic N) is 2. The van der Waals surface area contributed by atoms with Crippen LogP contribution in [0.2, 0.25) is 0 Å². The fourth-order valence-electron chi connectivity index (χ4n) is 5.52. The van der Waals surface area contributed by atoms with Gasteiger partial charge >= 0.3 is 0 Å². The smallest absolute Gasteiger partial charge is 0.220 e. The maximum atomic E-state index is 13.1. The van der Waals surface area contributed by atoms with Gasteiger partial charge in [-0.1, -0.05) is 78.9 Å². The van der Waals surface area contributed by atoms with Crippen LogP contribution >= 0.6 is 0 Å². The zero-order chi connectivity index (χ0) is 24.6. The highest BCUT2D eigenvalue weighted by Crippen LogP contribution is 2.33. The van der Waals surface area contributed by atoms with Crippen LogP contribution in [-0.2, 0) is 17.8 Å². The molecule has 0 saturated carbocycles. The Balaban J connectivity index is 1.36. The molecule has 1 fully saturated rings. The molecular formula is C32H37N3O. The Labute approximate surface area is 214 Å². The second kappa shape index (κ2) is 12.0. The van der Waals surface area contributed by atoms with E-state index in [9.17, 15) is 4.79 Å². The summed E-state index contributed by atoms with van der Waals surface area (Å²) in [6, 6.07) is 29.9. The molecule has 1 aromatic heterocycles. The zero-order valence-electron chi connectivity index (χ0n) is 21.1.